The number of hydrogen-bond donors (Lipinski definition) is 0. The first-order valence-corrected chi connectivity index (χ1v) is 7.26. The molecule has 5 nitrogen and oxygen atoms in total. The van der Waals surface area contributed by atoms with Crippen LogP contribution in [0.4, 0.5) is 0 Å². The second-order valence-corrected chi connectivity index (χ2v) is 5.41. The van der Waals surface area contributed by atoms with Crippen LogP contribution in [0.15, 0.2) is 0 Å². The van der Waals surface area contributed by atoms with E-state index in [2.05, 4.69) is 15.0 Å². The molecule has 1 fully saturated rings. The molecular weight excluding hydrogens is 266 g/mol. The highest BCUT2D eigenvalue weighted by Crippen LogP contribution is 2.22. The standard InChI is InChI=1S/C13H20ClN3O2/c1-9(2)18-12-15-11(14)16-13(17-12)19-10-7-5-3-4-6-8-10/h9-10H,3-8H2,1-2H3. The summed E-state index contributed by atoms with van der Waals surface area (Å²) in [6.07, 6.45) is 7.20. The normalized spacial score (nSPS) is 17.3. The molecule has 0 amide bonds. The van der Waals surface area contributed by atoms with Crippen molar-refractivity contribution in [1.29, 1.82) is 0 Å². The van der Waals surface area contributed by atoms with Crippen LogP contribution in [0, 0.1) is 0 Å². The summed E-state index contributed by atoms with van der Waals surface area (Å²) in [4.78, 5) is 12.1. The maximum atomic E-state index is 5.86. The van der Waals surface area contributed by atoms with Gasteiger partial charge in [-0.15, -0.1) is 4.98 Å². The van der Waals surface area contributed by atoms with Gasteiger partial charge in [-0.1, -0.05) is 12.8 Å². The summed E-state index contributed by atoms with van der Waals surface area (Å²) in [5, 5.41) is 0.106. The zero-order valence-electron chi connectivity index (χ0n) is 11.4. The Morgan fingerprint density at radius 3 is 2.26 bits per heavy atom. The van der Waals surface area contributed by atoms with Crippen molar-refractivity contribution in [2.24, 2.45) is 0 Å². The molecule has 1 aliphatic carbocycles. The largest absolute Gasteiger partial charge is 0.461 e. The molecule has 1 heterocycles. The molecule has 1 saturated carbocycles. The highest BCUT2D eigenvalue weighted by atomic mass is 35.5. The van der Waals surface area contributed by atoms with Gasteiger partial charge >= 0.3 is 12.0 Å². The van der Waals surface area contributed by atoms with Crippen molar-refractivity contribution < 1.29 is 9.47 Å². The molecule has 1 aromatic heterocycles. The van der Waals surface area contributed by atoms with Crippen molar-refractivity contribution in [2.75, 3.05) is 0 Å². The van der Waals surface area contributed by atoms with Gasteiger partial charge in [-0.2, -0.15) is 9.97 Å². The van der Waals surface area contributed by atoms with Gasteiger partial charge < -0.3 is 9.47 Å². The minimum atomic E-state index is -0.0100. The maximum Gasteiger partial charge on any atom is 0.324 e. The molecule has 0 N–H and O–H groups in total. The van der Waals surface area contributed by atoms with Crippen molar-refractivity contribution in [3.8, 4) is 12.0 Å². The third-order valence-corrected chi connectivity index (χ3v) is 3.15. The fourth-order valence-electron chi connectivity index (χ4n) is 2.14. The van der Waals surface area contributed by atoms with E-state index in [1.807, 2.05) is 13.8 Å². The van der Waals surface area contributed by atoms with E-state index in [1.165, 1.54) is 25.7 Å². The second kappa shape index (κ2) is 6.89. The maximum absolute atomic E-state index is 5.86. The van der Waals surface area contributed by atoms with Gasteiger partial charge in [0, 0.05) is 0 Å². The molecule has 0 spiro atoms. The van der Waals surface area contributed by atoms with Crippen LogP contribution in [0.25, 0.3) is 0 Å². The minimum absolute atomic E-state index is 0.0100. The van der Waals surface area contributed by atoms with E-state index in [0.29, 0.717) is 0 Å². The molecule has 2 rings (SSSR count). The summed E-state index contributed by atoms with van der Waals surface area (Å²) in [5.41, 5.74) is 0. The quantitative estimate of drug-likeness (QED) is 0.794. The molecule has 1 aromatic rings. The van der Waals surface area contributed by atoms with E-state index in [9.17, 15) is 0 Å². The fourth-order valence-corrected chi connectivity index (χ4v) is 2.28. The predicted octanol–water partition coefficient (Wildman–Crippen LogP) is 3.41. The van der Waals surface area contributed by atoms with E-state index in [4.69, 9.17) is 21.1 Å². The Morgan fingerprint density at radius 2 is 1.63 bits per heavy atom. The van der Waals surface area contributed by atoms with Crippen molar-refractivity contribution in [3.05, 3.63) is 5.28 Å². The zero-order chi connectivity index (χ0) is 13.7. The van der Waals surface area contributed by atoms with Crippen LogP contribution in [0.3, 0.4) is 0 Å². The van der Waals surface area contributed by atoms with Crippen LogP contribution in [-0.4, -0.2) is 27.2 Å². The summed E-state index contributed by atoms with van der Waals surface area (Å²) in [6.45, 7) is 3.81. The van der Waals surface area contributed by atoms with Crippen molar-refractivity contribution in [1.82, 2.24) is 15.0 Å². The molecule has 0 atom stereocenters. The number of nitrogens with zero attached hydrogens (tertiary/aromatic N) is 3. The number of hydrogen-bond acceptors (Lipinski definition) is 5. The van der Waals surface area contributed by atoms with Gasteiger partial charge in [-0.3, -0.25) is 0 Å². The number of rotatable bonds is 4. The molecule has 0 bridgehead atoms. The Kier molecular flexibility index (Phi) is 5.19. The topological polar surface area (TPSA) is 57.1 Å². The average Bonchev–Trinajstić information content (AvgIpc) is 2.55. The van der Waals surface area contributed by atoms with Crippen LogP contribution in [0.2, 0.25) is 5.28 Å². The SMILES string of the molecule is CC(C)Oc1nc(Cl)nc(OC2CCCCCC2)n1. The molecule has 0 radical (unpaired) electrons. The molecular formula is C13H20ClN3O2. The first kappa shape index (κ1) is 14.3. The molecule has 1 aliphatic rings. The lowest BCUT2D eigenvalue weighted by Crippen LogP contribution is -2.18. The number of aromatic nitrogens is 3. The summed E-state index contributed by atoms with van der Waals surface area (Å²) in [5.74, 6) is 0. The van der Waals surface area contributed by atoms with Crippen molar-refractivity contribution in [2.45, 2.75) is 64.6 Å². The fraction of sp³-hybridized carbons (Fsp3) is 0.769. The molecule has 0 aromatic carbocycles. The third-order valence-electron chi connectivity index (χ3n) is 2.98. The van der Waals surface area contributed by atoms with E-state index in [-0.39, 0.29) is 29.5 Å². The Bertz CT molecular complexity index is 407. The predicted molar refractivity (Wildman–Crippen MR) is 72.7 cm³/mol. The summed E-state index contributed by atoms with van der Waals surface area (Å²) in [6, 6.07) is 0.487. The number of ether oxygens (including phenoxy) is 2. The third kappa shape index (κ3) is 4.82. The van der Waals surface area contributed by atoms with Gasteiger partial charge in [0.15, 0.2) is 0 Å². The first-order chi connectivity index (χ1) is 9.13. The summed E-state index contributed by atoms with van der Waals surface area (Å²) < 4.78 is 11.2. The van der Waals surface area contributed by atoms with E-state index >= 15 is 0 Å². The highest BCUT2D eigenvalue weighted by Gasteiger charge is 2.17. The van der Waals surface area contributed by atoms with Gasteiger partial charge in [-0.05, 0) is 51.1 Å². The molecule has 6 heteroatoms. The summed E-state index contributed by atoms with van der Waals surface area (Å²) >= 11 is 5.86. The lowest BCUT2D eigenvalue weighted by Gasteiger charge is -2.15. The Balaban J connectivity index is 2.04. The van der Waals surface area contributed by atoms with Gasteiger partial charge in [0.05, 0.1) is 6.10 Å². The molecule has 0 saturated heterocycles. The molecule has 0 aliphatic heterocycles. The van der Waals surface area contributed by atoms with E-state index < -0.39 is 0 Å². The zero-order valence-corrected chi connectivity index (χ0v) is 12.2. The van der Waals surface area contributed by atoms with Gasteiger partial charge in [-0.25, -0.2) is 0 Å². The molecule has 19 heavy (non-hydrogen) atoms. The van der Waals surface area contributed by atoms with Crippen LogP contribution in [0.1, 0.15) is 52.4 Å². The number of halogens is 1. The molecule has 106 valence electrons. The van der Waals surface area contributed by atoms with Crippen molar-refractivity contribution in [3.63, 3.8) is 0 Å². The van der Waals surface area contributed by atoms with Gasteiger partial charge in [0.1, 0.15) is 6.10 Å². The summed E-state index contributed by atoms with van der Waals surface area (Å²) in [7, 11) is 0. The Labute approximate surface area is 118 Å². The molecule has 0 unspecified atom stereocenters. The Hall–Kier alpha value is -1.10. The minimum Gasteiger partial charge on any atom is -0.461 e. The first-order valence-electron chi connectivity index (χ1n) is 6.88. The van der Waals surface area contributed by atoms with Crippen LogP contribution in [0.5, 0.6) is 12.0 Å². The monoisotopic (exact) mass is 285 g/mol. The lowest BCUT2D eigenvalue weighted by molar-refractivity contribution is 0.160. The van der Waals surface area contributed by atoms with Gasteiger partial charge in [0.2, 0.25) is 5.28 Å². The van der Waals surface area contributed by atoms with Crippen LogP contribution in [-0.2, 0) is 0 Å². The smallest absolute Gasteiger partial charge is 0.324 e. The lowest BCUT2D eigenvalue weighted by atomic mass is 10.2. The average molecular weight is 286 g/mol. The second-order valence-electron chi connectivity index (χ2n) is 5.07. The van der Waals surface area contributed by atoms with Crippen LogP contribution < -0.4 is 9.47 Å². The Morgan fingerprint density at radius 1 is 1.00 bits per heavy atom. The van der Waals surface area contributed by atoms with Gasteiger partial charge in [0.25, 0.3) is 0 Å². The van der Waals surface area contributed by atoms with E-state index in [0.717, 1.165) is 12.8 Å². The van der Waals surface area contributed by atoms with Crippen molar-refractivity contribution >= 4 is 11.6 Å². The van der Waals surface area contributed by atoms with E-state index in [1.54, 1.807) is 0 Å². The highest BCUT2D eigenvalue weighted by molar-refractivity contribution is 6.28. The van der Waals surface area contributed by atoms with Crippen LogP contribution >= 0.6 is 11.6 Å².